The number of nitrogens with zero attached hydrogens (tertiary/aromatic N) is 1. The average Bonchev–Trinajstić information content (AvgIpc) is 2.86. The van der Waals surface area contributed by atoms with Crippen LogP contribution in [-0.4, -0.2) is 23.1 Å². The molecule has 1 aromatic rings. The predicted octanol–water partition coefficient (Wildman–Crippen LogP) is 4.04. The normalized spacial score (nSPS) is 19.5. The molecular formula is C16H23NOS. The third kappa shape index (κ3) is 3.14. The molecule has 1 aliphatic rings. The van der Waals surface area contributed by atoms with Gasteiger partial charge in [0.15, 0.2) is 0 Å². The summed E-state index contributed by atoms with van der Waals surface area (Å²) in [5.74, 6) is 1.94. The van der Waals surface area contributed by atoms with Crippen LogP contribution in [0.1, 0.15) is 50.1 Å². The van der Waals surface area contributed by atoms with Gasteiger partial charge in [-0.05, 0) is 17.0 Å². The summed E-state index contributed by atoms with van der Waals surface area (Å²) in [4.78, 5) is 14.2. The molecule has 0 N–H and O–H groups in total. The van der Waals surface area contributed by atoms with Crippen molar-refractivity contribution in [3.05, 3.63) is 35.4 Å². The van der Waals surface area contributed by atoms with Gasteiger partial charge in [0.2, 0.25) is 5.91 Å². The zero-order valence-corrected chi connectivity index (χ0v) is 13.0. The Bertz CT molecular complexity index is 439. The van der Waals surface area contributed by atoms with Crippen molar-refractivity contribution in [1.82, 2.24) is 4.90 Å². The first kappa shape index (κ1) is 14.4. The Kier molecular flexibility index (Phi) is 4.56. The fourth-order valence-electron chi connectivity index (χ4n) is 2.35. The Hall–Kier alpha value is -0.960. The second-order valence-corrected chi connectivity index (χ2v) is 6.92. The third-order valence-corrected chi connectivity index (χ3v) is 4.82. The van der Waals surface area contributed by atoms with E-state index in [0.717, 1.165) is 12.3 Å². The highest BCUT2D eigenvalue weighted by molar-refractivity contribution is 7.99. The summed E-state index contributed by atoms with van der Waals surface area (Å²) in [5, 5.41) is 0.205. The number of amides is 1. The maximum atomic E-state index is 12.2. The molecule has 2 rings (SSSR count). The fraction of sp³-hybridized carbons (Fsp3) is 0.562. The smallest absolute Gasteiger partial charge is 0.226 e. The standard InChI is InChI=1S/C16H23NOS/c1-11(2)13-5-7-14(8-6-13)16-17(9-10-19-16)15(18)12(3)4/h5-8,11-12,16H,9-10H2,1-4H3. The molecule has 1 amide bonds. The highest BCUT2D eigenvalue weighted by atomic mass is 32.2. The lowest BCUT2D eigenvalue weighted by molar-refractivity contribution is -0.134. The molecule has 0 aromatic heterocycles. The molecule has 1 unspecified atom stereocenters. The highest BCUT2D eigenvalue weighted by Crippen LogP contribution is 2.38. The Morgan fingerprint density at radius 3 is 2.37 bits per heavy atom. The van der Waals surface area contributed by atoms with Crippen molar-refractivity contribution >= 4 is 17.7 Å². The lowest BCUT2D eigenvalue weighted by Crippen LogP contribution is -2.33. The predicted molar refractivity (Wildman–Crippen MR) is 82.3 cm³/mol. The van der Waals surface area contributed by atoms with Gasteiger partial charge in [0.05, 0.1) is 0 Å². The van der Waals surface area contributed by atoms with Gasteiger partial charge in [-0.15, -0.1) is 11.8 Å². The molecular weight excluding hydrogens is 254 g/mol. The van der Waals surface area contributed by atoms with Crippen molar-refractivity contribution in [2.75, 3.05) is 12.3 Å². The van der Waals surface area contributed by atoms with Gasteiger partial charge in [-0.25, -0.2) is 0 Å². The first-order valence-electron chi connectivity index (χ1n) is 7.02. The van der Waals surface area contributed by atoms with E-state index < -0.39 is 0 Å². The molecule has 2 nitrogen and oxygen atoms in total. The fourth-order valence-corrected chi connectivity index (χ4v) is 3.61. The molecule has 1 aliphatic heterocycles. The molecule has 1 atom stereocenters. The van der Waals surface area contributed by atoms with Gasteiger partial charge in [0, 0.05) is 18.2 Å². The molecule has 0 radical (unpaired) electrons. The zero-order chi connectivity index (χ0) is 14.0. The maximum absolute atomic E-state index is 12.2. The van der Waals surface area contributed by atoms with Gasteiger partial charge in [-0.1, -0.05) is 52.0 Å². The lowest BCUT2D eigenvalue weighted by atomic mass is 10.0. The second kappa shape index (κ2) is 6.00. The Balaban J connectivity index is 2.18. The first-order chi connectivity index (χ1) is 9.00. The van der Waals surface area contributed by atoms with Gasteiger partial charge >= 0.3 is 0 Å². The van der Waals surface area contributed by atoms with Crippen LogP contribution in [0.3, 0.4) is 0 Å². The second-order valence-electron chi connectivity index (χ2n) is 5.73. The summed E-state index contributed by atoms with van der Waals surface area (Å²) in [5.41, 5.74) is 2.61. The maximum Gasteiger partial charge on any atom is 0.226 e. The van der Waals surface area contributed by atoms with Gasteiger partial charge in [0.25, 0.3) is 0 Å². The van der Waals surface area contributed by atoms with Crippen molar-refractivity contribution in [2.45, 2.75) is 39.0 Å². The van der Waals surface area contributed by atoms with E-state index in [-0.39, 0.29) is 17.2 Å². The van der Waals surface area contributed by atoms with Crippen LogP contribution < -0.4 is 0 Å². The lowest BCUT2D eigenvalue weighted by Gasteiger charge is -2.26. The number of thioether (sulfide) groups is 1. The number of carbonyl (C=O) groups is 1. The Morgan fingerprint density at radius 1 is 1.21 bits per heavy atom. The molecule has 0 saturated carbocycles. The van der Waals surface area contributed by atoms with Crippen LogP contribution in [0.4, 0.5) is 0 Å². The van der Waals surface area contributed by atoms with E-state index in [9.17, 15) is 4.79 Å². The Morgan fingerprint density at radius 2 is 1.84 bits per heavy atom. The number of benzene rings is 1. The van der Waals surface area contributed by atoms with Gasteiger partial charge in [-0.3, -0.25) is 4.79 Å². The summed E-state index contributed by atoms with van der Waals surface area (Å²) >= 11 is 1.87. The van der Waals surface area contributed by atoms with Crippen LogP contribution in [0.25, 0.3) is 0 Å². The summed E-state index contributed by atoms with van der Waals surface area (Å²) in [6, 6.07) is 8.74. The van der Waals surface area contributed by atoms with Crippen LogP contribution in [0, 0.1) is 5.92 Å². The van der Waals surface area contributed by atoms with Gasteiger partial charge in [0.1, 0.15) is 5.37 Å². The SMILES string of the molecule is CC(C)C(=O)N1CCSC1c1ccc(C(C)C)cc1. The molecule has 104 valence electrons. The summed E-state index contributed by atoms with van der Waals surface area (Å²) in [6.07, 6.45) is 0. The number of carbonyl (C=O) groups excluding carboxylic acids is 1. The molecule has 1 saturated heterocycles. The minimum Gasteiger partial charge on any atom is -0.326 e. The molecule has 0 spiro atoms. The third-order valence-electron chi connectivity index (χ3n) is 3.56. The van der Waals surface area contributed by atoms with E-state index in [1.54, 1.807) is 0 Å². The molecule has 3 heteroatoms. The van der Waals surface area contributed by atoms with Crippen LogP contribution in [0.15, 0.2) is 24.3 Å². The first-order valence-corrected chi connectivity index (χ1v) is 8.07. The van der Waals surface area contributed by atoms with Crippen molar-refractivity contribution < 1.29 is 4.79 Å². The van der Waals surface area contributed by atoms with E-state index in [0.29, 0.717) is 5.92 Å². The van der Waals surface area contributed by atoms with Crippen molar-refractivity contribution in [3.8, 4) is 0 Å². The molecule has 1 aromatic carbocycles. The summed E-state index contributed by atoms with van der Waals surface area (Å²) < 4.78 is 0. The minimum atomic E-state index is 0.0798. The Labute approximate surface area is 120 Å². The van der Waals surface area contributed by atoms with Crippen LogP contribution in [0.5, 0.6) is 0 Å². The van der Waals surface area contributed by atoms with Crippen molar-refractivity contribution in [1.29, 1.82) is 0 Å². The van der Waals surface area contributed by atoms with Crippen molar-refractivity contribution in [3.63, 3.8) is 0 Å². The highest BCUT2D eigenvalue weighted by Gasteiger charge is 2.31. The van der Waals surface area contributed by atoms with E-state index in [2.05, 4.69) is 38.1 Å². The zero-order valence-electron chi connectivity index (χ0n) is 12.2. The summed E-state index contributed by atoms with van der Waals surface area (Å²) in [7, 11) is 0. The van der Waals surface area contributed by atoms with Crippen LogP contribution >= 0.6 is 11.8 Å². The molecule has 1 heterocycles. The largest absolute Gasteiger partial charge is 0.326 e. The quantitative estimate of drug-likeness (QED) is 0.831. The van der Waals surface area contributed by atoms with E-state index in [1.807, 2.05) is 30.5 Å². The van der Waals surface area contributed by atoms with Crippen molar-refractivity contribution in [2.24, 2.45) is 5.92 Å². The molecule has 1 fully saturated rings. The molecule has 0 aliphatic carbocycles. The van der Waals surface area contributed by atoms with Crippen LogP contribution in [0.2, 0.25) is 0 Å². The van der Waals surface area contributed by atoms with E-state index >= 15 is 0 Å². The van der Waals surface area contributed by atoms with Crippen LogP contribution in [-0.2, 0) is 4.79 Å². The minimum absolute atomic E-state index is 0.0798. The van der Waals surface area contributed by atoms with Gasteiger partial charge in [-0.2, -0.15) is 0 Å². The molecule has 19 heavy (non-hydrogen) atoms. The number of hydrogen-bond donors (Lipinski definition) is 0. The average molecular weight is 277 g/mol. The van der Waals surface area contributed by atoms with Gasteiger partial charge < -0.3 is 4.90 Å². The topological polar surface area (TPSA) is 20.3 Å². The molecule has 0 bridgehead atoms. The monoisotopic (exact) mass is 277 g/mol. The van der Waals surface area contributed by atoms with E-state index in [4.69, 9.17) is 0 Å². The van der Waals surface area contributed by atoms with E-state index in [1.165, 1.54) is 11.1 Å². The summed E-state index contributed by atoms with van der Waals surface area (Å²) in [6.45, 7) is 9.23. The number of hydrogen-bond acceptors (Lipinski definition) is 2. The number of rotatable bonds is 3.